The Morgan fingerprint density at radius 1 is 1.06 bits per heavy atom. The highest BCUT2D eigenvalue weighted by molar-refractivity contribution is 8.15. The minimum atomic E-state index is -0.494. The Bertz CT molecular complexity index is 1340. The van der Waals surface area contributed by atoms with Crippen LogP contribution < -0.4 is 10.2 Å². The Kier molecular flexibility index (Phi) is 7.48. The summed E-state index contributed by atoms with van der Waals surface area (Å²) in [7, 11) is 1.60. The van der Waals surface area contributed by atoms with Crippen molar-refractivity contribution in [2.45, 2.75) is 11.6 Å². The number of ketones is 1. The summed E-state index contributed by atoms with van der Waals surface area (Å²) in [6, 6.07) is 21.8. The molecule has 10 nitrogen and oxygen atoms in total. The minimum absolute atomic E-state index is 0.0512. The molecule has 0 aliphatic rings. The second-order valence-corrected chi connectivity index (χ2v) is 8.06. The number of carbonyl (C=O) groups is 1. The Morgan fingerprint density at radius 2 is 1.77 bits per heavy atom. The molecule has 0 fully saturated rings. The van der Waals surface area contributed by atoms with Crippen molar-refractivity contribution in [3.63, 3.8) is 0 Å². The lowest BCUT2D eigenvalue weighted by Crippen LogP contribution is -2.13. The van der Waals surface area contributed by atoms with Crippen molar-refractivity contribution in [3.8, 4) is 5.75 Å². The van der Waals surface area contributed by atoms with E-state index in [0.717, 1.165) is 23.1 Å². The average Bonchev–Trinajstić information content (AvgIpc) is 3.34. The summed E-state index contributed by atoms with van der Waals surface area (Å²) in [4.78, 5) is 23.5. The predicted molar refractivity (Wildman–Crippen MR) is 131 cm³/mol. The van der Waals surface area contributed by atoms with Crippen molar-refractivity contribution in [1.82, 2.24) is 10.2 Å². The highest BCUT2D eigenvalue weighted by atomic mass is 32.2. The molecule has 3 aromatic carbocycles. The zero-order chi connectivity index (χ0) is 24.6. The molecular weight excluding hydrogens is 470 g/mol. The molecule has 0 saturated carbocycles. The maximum absolute atomic E-state index is 13.1. The predicted octanol–water partition coefficient (Wildman–Crippen LogP) is 4.98. The molecule has 176 valence electrons. The molecular formula is C24H19N5O5S. The quantitative estimate of drug-likeness (QED) is 0.0863. The molecule has 11 heteroatoms. The van der Waals surface area contributed by atoms with E-state index < -0.39 is 4.92 Å². The standard InChI is InChI=1S/C24H19N5O5S/c1-33-20-13-7-16(8-14-20)15-21-26-28-24(34-21)35-23(22(30)17-5-3-2-4-6-17)27-25-18-9-11-19(12-10-18)29(31)32/h2-14,25H,15H2,1H3. The maximum atomic E-state index is 13.1. The number of methoxy groups -OCH3 is 1. The third-order valence-electron chi connectivity index (χ3n) is 4.74. The smallest absolute Gasteiger partial charge is 0.283 e. The van der Waals surface area contributed by atoms with Gasteiger partial charge in [0.05, 0.1) is 24.1 Å². The third-order valence-corrected chi connectivity index (χ3v) is 5.55. The number of hydrogen-bond acceptors (Lipinski definition) is 10. The van der Waals surface area contributed by atoms with E-state index in [-0.39, 0.29) is 21.7 Å². The van der Waals surface area contributed by atoms with Gasteiger partial charge in [-0.2, -0.15) is 5.10 Å². The van der Waals surface area contributed by atoms with E-state index in [1.807, 2.05) is 24.3 Å². The van der Waals surface area contributed by atoms with E-state index in [1.165, 1.54) is 24.3 Å². The Hall–Kier alpha value is -4.51. The summed E-state index contributed by atoms with van der Waals surface area (Å²) >= 11 is 0.926. The lowest BCUT2D eigenvalue weighted by molar-refractivity contribution is -0.384. The first-order chi connectivity index (χ1) is 17.0. The lowest BCUT2D eigenvalue weighted by atomic mass is 10.1. The van der Waals surface area contributed by atoms with Gasteiger partial charge in [-0.1, -0.05) is 42.5 Å². The van der Waals surface area contributed by atoms with Gasteiger partial charge in [0.2, 0.25) is 11.7 Å². The number of rotatable bonds is 9. The van der Waals surface area contributed by atoms with Gasteiger partial charge in [0.25, 0.3) is 10.9 Å². The normalized spacial score (nSPS) is 11.2. The molecule has 0 aliphatic heterocycles. The molecule has 0 radical (unpaired) electrons. The zero-order valence-corrected chi connectivity index (χ0v) is 19.3. The van der Waals surface area contributed by atoms with Crippen molar-refractivity contribution in [2.24, 2.45) is 5.10 Å². The van der Waals surface area contributed by atoms with Gasteiger partial charge in [-0.3, -0.25) is 20.3 Å². The molecule has 0 aliphatic carbocycles. The third kappa shape index (κ3) is 6.30. The average molecular weight is 490 g/mol. The number of nitro benzene ring substituents is 1. The second-order valence-electron chi connectivity index (χ2n) is 7.12. The van der Waals surface area contributed by atoms with E-state index in [2.05, 4.69) is 20.7 Å². The summed E-state index contributed by atoms with van der Waals surface area (Å²) in [6.07, 6.45) is 0.414. The molecule has 0 spiro atoms. The summed E-state index contributed by atoms with van der Waals surface area (Å²) in [5.74, 6) is 0.781. The van der Waals surface area contributed by atoms with E-state index in [4.69, 9.17) is 9.15 Å². The number of hydrogen-bond donors (Lipinski definition) is 1. The van der Waals surface area contributed by atoms with Gasteiger partial charge in [0.1, 0.15) is 5.75 Å². The number of carbonyl (C=O) groups excluding carboxylic acids is 1. The summed E-state index contributed by atoms with van der Waals surface area (Å²) in [6.45, 7) is 0. The Balaban J connectivity index is 1.52. The SMILES string of the molecule is COc1ccc(Cc2nnc(SC(=NNc3ccc([N+](=O)[O-])cc3)C(=O)c3ccccc3)o2)cc1. The van der Waals surface area contributed by atoms with Crippen molar-refractivity contribution in [2.75, 3.05) is 12.5 Å². The highest BCUT2D eigenvalue weighted by Crippen LogP contribution is 2.23. The Labute approximate surface area is 204 Å². The van der Waals surface area contributed by atoms with Gasteiger partial charge in [-0.15, -0.1) is 10.2 Å². The van der Waals surface area contributed by atoms with Crippen LogP contribution in [0.25, 0.3) is 0 Å². The molecule has 35 heavy (non-hydrogen) atoms. The summed E-state index contributed by atoms with van der Waals surface area (Å²) in [5, 5.41) is 23.4. The monoisotopic (exact) mass is 489 g/mol. The van der Waals surface area contributed by atoms with Gasteiger partial charge < -0.3 is 9.15 Å². The van der Waals surface area contributed by atoms with Crippen LogP contribution in [0.3, 0.4) is 0 Å². The van der Waals surface area contributed by atoms with Crippen LogP contribution in [0.1, 0.15) is 21.8 Å². The van der Waals surface area contributed by atoms with Crippen LogP contribution in [0.15, 0.2) is 93.6 Å². The number of aromatic nitrogens is 2. The molecule has 0 saturated heterocycles. The number of nitro groups is 1. The Morgan fingerprint density at radius 3 is 2.43 bits per heavy atom. The number of nitrogens with zero attached hydrogens (tertiary/aromatic N) is 4. The van der Waals surface area contributed by atoms with Crippen LogP contribution in [0.2, 0.25) is 0 Å². The molecule has 1 N–H and O–H groups in total. The van der Waals surface area contributed by atoms with E-state index >= 15 is 0 Å². The van der Waals surface area contributed by atoms with Crippen LogP contribution in [-0.4, -0.2) is 33.1 Å². The van der Waals surface area contributed by atoms with Crippen molar-refractivity contribution in [3.05, 3.63) is 106 Å². The van der Waals surface area contributed by atoms with E-state index in [0.29, 0.717) is 23.6 Å². The van der Waals surface area contributed by atoms with Crippen molar-refractivity contribution < 1.29 is 18.9 Å². The molecule has 0 bridgehead atoms. The number of thioether (sulfide) groups is 1. The summed E-state index contributed by atoms with van der Waals surface area (Å²) < 4.78 is 10.9. The number of Topliss-reactive ketones (excluding diaryl/α,β-unsaturated/α-hetero) is 1. The number of anilines is 1. The van der Waals surface area contributed by atoms with Crippen molar-refractivity contribution in [1.29, 1.82) is 0 Å². The maximum Gasteiger partial charge on any atom is 0.283 e. The largest absolute Gasteiger partial charge is 0.497 e. The lowest BCUT2D eigenvalue weighted by Gasteiger charge is -2.05. The van der Waals surface area contributed by atoms with Crippen LogP contribution in [0.5, 0.6) is 5.75 Å². The number of benzene rings is 3. The van der Waals surface area contributed by atoms with Gasteiger partial charge >= 0.3 is 0 Å². The molecule has 0 amide bonds. The number of nitrogens with one attached hydrogen (secondary N) is 1. The summed E-state index contributed by atoms with van der Waals surface area (Å²) in [5.41, 5.74) is 4.57. The highest BCUT2D eigenvalue weighted by Gasteiger charge is 2.20. The minimum Gasteiger partial charge on any atom is -0.497 e. The molecule has 0 unspecified atom stereocenters. The van der Waals surface area contributed by atoms with Crippen LogP contribution in [0.4, 0.5) is 11.4 Å². The fourth-order valence-electron chi connectivity index (χ4n) is 2.96. The number of non-ortho nitro benzene ring substituents is 1. The molecule has 4 aromatic rings. The van der Waals surface area contributed by atoms with Crippen molar-refractivity contribution >= 4 is 34.0 Å². The van der Waals surface area contributed by atoms with Gasteiger partial charge in [-0.25, -0.2) is 0 Å². The second kappa shape index (κ2) is 11.1. The fraction of sp³-hybridized carbons (Fsp3) is 0.0833. The molecule has 0 atom stereocenters. The van der Waals surface area contributed by atoms with Gasteiger partial charge in [0.15, 0.2) is 5.04 Å². The van der Waals surface area contributed by atoms with E-state index in [1.54, 1.807) is 37.4 Å². The van der Waals surface area contributed by atoms with E-state index in [9.17, 15) is 14.9 Å². The zero-order valence-electron chi connectivity index (χ0n) is 18.5. The van der Waals surface area contributed by atoms with Crippen LogP contribution >= 0.6 is 11.8 Å². The molecule has 1 heterocycles. The number of hydrazone groups is 1. The number of ether oxygens (including phenoxy) is 1. The van der Waals surface area contributed by atoms with Crippen LogP contribution in [0, 0.1) is 10.1 Å². The molecule has 4 rings (SSSR count). The first-order valence-electron chi connectivity index (χ1n) is 10.3. The first-order valence-corrected chi connectivity index (χ1v) is 11.1. The topological polar surface area (TPSA) is 133 Å². The van der Waals surface area contributed by atoms with Crippen LogP contribution in [-0.2, 0) is 6.42 Å². The van der Waals surface area contributed by atoms with Gasteiger partial charge in [0, 0.05) is 17.7 Å². The fourth-order valence-corrected chi connectivity index (χ4v) is 3.64. The first kappa shape index (κ1) is 23.6. The molecule has 1 aromatic heterocycles. The van der Waals surface area contributed by atoms with Gasteiger partial charge in [-0.05, 0) is 41.6 Å².